The largest absolute Gasteiger partial charge is 0.475 e. The summed E-state index contributed by atoms with van der Waals surface area (Å²) >= 11 is 0. The molecule has 0 unspecified atom stereocenters. The van der Waals surface area contributed by atoms with Crippen molar-refractivity contribution in [3.05, 3.63) is 12.4 Å². The lowest BCUT2D eigenvalue weighted by Gasteiger charge is -2.27. The van der Waals surface area contributed by atoms with Crippen LogP contribution in [0.3, 0.4) is 0 Å². The second-order valence-corrected chi connectivity index (χ2v) is 5.82. The van der Waals surface area contributed by atoms with Crippen LogP contribution in [0.4, 0.5) is 5.82 Å². The van der Waals surface area contributed by atoms with Gasteiger partial charge in [0.25, 0.3) is 0 Å². The Balaban J connectivity index is 1.95. The maximum atomic E-state index is 5.59. The zero-order valence-electron chi connectivity index (χ0n) is 12.3. The van der Waals surface area contributed by atoms with Crippen molar-refractivity contribution in [2.24, 2.45) is 5.41 Å². The molecule has 1 saturated carbocycles. The summed E-state index contributed by atoms with van der Waals surface area (Å²) in [5, 5.41) is 3.46. The summed E-state index contributed by atoms with van der Waals surface area (Å²) in [7, 11) is 0. The highest BCUT2D eigenvalue weighted by molar-refractivity contribution is 5.37. The normalized spacial score (nSPS) is 17.7. The summed E-state index contributed by atoms with van der Waals surface area (Å²) in [5.41, 5.74) is 0.462. The Kier molecular flexibility index (Phi) is 4.61. The fraction of sp³-hybridized carbons (Fsp3) is 0.733. The van der Waals surface area contributed by atoms with Crippen molar-refractivity contribution in [3.8, 4) is 5.88 Å². The molecule has 1 aliphatic rings. The highest BCUT2D eigenvalue weighted by Crippen LogP contribution is 2.40. The molecule has 106 valence electrons. The van der Waals surface area contributed by atoms with Crippen LogP contribution >= 0.6 is 0 Å². The maximum Gasteiger partial charge on any atom is 0.218 e. The minimum absolute atomic E-state index is 0.138. The van der Waals surface area contributed by atoms with Gasteiger partial charge in [0.2, 0.25) is 5.88 Å². The highest BCUT2D eigenvalue weighted by Gasteiger charge is 2.31. The molecule has 2 rings (SSSR count). The lowest BCUT2D eigenvalue weighted by molar-refractivity contribution is 0.232. The van der Waals surface area contributed by atoms with Crippen LogP contribution in [0.2, 0.25) is 0 Å². The first-order valence-corrected chi connectivity index (χ1v) is 7.36. The van der Waals surface area contributed by atoms with Crippen LogP contribution in [-0.2, 0) is 0 Å². The zero-order valence-corrected chi connectivity index (χ0v) is 12.3. The van der Waals surface area contributed by atoms with E-state index in [0.717, 1.165) is 12.4 Å². The van der Waals surface area contributed by atoms with Gasteiger partial charge >= 0.3 is 0 Å². The Hall–Kier alpha value is -1.32. The van der Waals surface area contributed by atoms with E-state index in [1.807, 2.05) is 19.9 Å². The van der Waals surface area contributed by atoms with E-state index >= 15 is 0 Å². The first kappa shape index (κ1) is 14.1. The molecule has 19 heavy (non-hydrogen) atoms. The number of hydrogen-bond acceptors (Lipinski definition) is 4. The first-order chi connectivity index (χ1) is 9.13. The van der Waals surface area contributed by atoms with Crippen LogP contribution in [0.25, 0.3) is 0 Å². The van der Waals surface area contributed by atoms with Crippen LogP contribution in [0.1, 0.15) is 52.9 Å². The molecule has 4 nitrogen and oxygen atoms in total. The van der Waals surface area contributed by atoms with Crippen molar-refractivity contribution in [2.45, 2.75) is 59.0 Å². The van der Waals surface area contributed by atoms with Crippen LogP contribution in [0, 0.1) is 5.41 Å². The van der Waals surface area contributed by atoms with Gasteiger partial charge in [-0.2, -0.15) is 0 Å². The SMILES string of the molecule is CCC1(CNc2cc(OC(C)C)ncn2)CCCC1. The van der Waals surface area contributed by atoms with Crippen molar-refractivity contribution in [2.75, 3.05) is 11.9 Å². The summed E-state index contributed by atoms with van der Waals surface area (Å²) in [4.78, 5) is 8.39. The topological polar surface area (TPSA) is 47.0 Å². The predicted molar refractivity (Wildman–Crippen MR) is 77.5 cm³/mol. The number of rotatable bonds is 6. The molecular weight excluding hydrogens is 238 g/mol. The van der Waals surface area contributed by atoms with Gasteiger partial charge in [-0.3, -0.25) is 0 Å². The van der Waals surface area contributed by atoms with Crippen molar-refractivity contribution < 1.29 is 4.74 Å². The van der Waals surface area contributed by atoms with Gasteiger partial charge in [0.05, 0.1) is 6.10 Å². The number of nitrogens with one attached hydrogen (secondary N) is 1. The lowest BCUT2D eigenvalue weighted by atomic mass is 9.83. The van der Waals surface area contributed by atoms with Gasteiger partial charge in [-0.15, -0.1) is 0 Å². The fourth-order valence-electron chi connectivity index (χ4n) is 2.80. The minimum atomic E-state index is 0.138. The first-order valence-electron chi connectivity index (χ1n) is 7.36. The summed E-state index contributed by atoms with van der Waals surface area (Å²) < 4.78 is 5.59. The third-order valence-electron chi connectivity index (χ3n) is 4.06. The average molecular weight is 263 g/mol. The molecule has 4 heteroatoms. The minimum Gasteiger partial charge on any atom is -0.475 e. The molecule has 1 N–H and O–H groups in total. The maximum absolute atomic E-state index is 5.59. The van der Waals surface area contributed by atoms with Gasteiger partial charge < -0.3 is 10.1 Å². The molecule has 0 aromatic carbocycles. The molecule has 1 aliphatic carbocycles. The van der Waals surface area contributed by atoms with Crippen molar-refractivity contribution in [3.63, 3.8) is 0 Å². The molecule has 0 amide bonds. The van der Waals surface area contributed by atoms with E-state index in [4.69, 9.17) is 4.74 Å². The van der Waals surface area contributed by atoms with Gasteiger partial charge in [0, 0.05) is 12.6 Å². The third-order valence-corrected chi connectivity index (χ3v) is 4.06. The van der Waals surface area contributed by atoms with E-state index in [0.29, 0.717) is 11.3 Å². The molecule has 1 heterocycles. The summed E-state index contributed by atoms with van der Waals surface area (Å²) in [6, 6.07) is 1.89. The van der Waals surface area contributed by atoms with Gasteiger partial charge in [-0.1, -0.05) is 19.8 Å². The van der Waals surface area contributed by atoms with E-state index in [1.54, 1.807) is 6.33 Å². The summed E-state index contributed by atoms with van der Waals surface area (Å²) in [5.74, 6) is 1.51. The highest BCUT2D eigenvalue weighted by atomic mass is 16.5. The molecule has 0 saturated heterocycles. The molecule has 0 aliphatic heterocycles. The molecule has 1 fully saturated rings. The Labute approximate surface area is 116 Å². The van der Waals surface area contributed by atoms with Gasteiger partial charge in [-0.25, -0.2) is 9.97 Å². The second kappa shape index (κ2) is 6.22. The van der Waals surface area contributed by atoms with Crippen LogP contribution in [0.15, 0.2) is 12.4 Å². The number of anilines is 1. The van der Waals surface area contributed by atoms with Gasteiger partial charge in [0.15, 0.2) is 0 Å². The number of ether oxygens (including phenoxy) is 1. The van der Waals surface area contributed by atoms with Crippen LogP contribution in [-0.4, -0.2) is 22.6 Å². The Morgan fingerprint density at radius 1 is 1.32 bits per heavy atom. The number of nitrogens with zero attached hydrogens (tertiary/aromatic N) is 2. The van der Waals surface area contributed by atoms with E-state index < -0.39 is 0 Å². The second-order valence-electron chi connectivity index (χ2n) is 5.82. The number of aromatic nitrogens is 2. The Morgan fingerprint density at radius 2 is 2.05 bits per heavy atom. The standard InChI is InChI=1S/C15H25N3O/c1-4-15(7-5-6-8-15)10-16-13-9-14(18-11-17-13)19-12(2)3/h9,11-12H,4-8,10H2,1-3H3,(H,16,17,18). The van der Waals surface area contributed by atoms with Crippen LogP contribution < -0.4 is 10.1 Å². The third kappa shape index (κ3) is 3.82. The van der Waals surface area contributed by atoms with E-state index in [-0.39, 0.29) is 6.10 Å². The van der Waals surface area contributed by atoms with Gasteiger partial charge in [0.1, 0.15) is 12.1 Å². The fourth-order valence-corrected chi connectivity index (χ4v) is 2.80. The summed E-state index contributed by atoms with van der Waals surface area (Å²) in [6.07, 6.45) is 8.32. The van der Waals surface area contributed by atoms with Crippen molar-refractivity contribution in [1.29, 1.82) is 0 Å². The van der Waals surface area contributed by atoms with Crippen molar-refractivity contribution in [1.82, 2.24) is 9.97 Å². The van der Waals surface area contributed by atoms with E-state index in [9.17, 15) is 0 Å². The number of hydrogen-bond donors (Lipinski definition) is 1. The van der Waals surface area contributed by atoms with Gasteiger partial charge in [-0.05, 0) is 38.5 Å². The molecule has 0 atom stereocenters. The predicted octanol–water partition coefficient (Wildman–Crippen LogP) is 3.65. The lowest BCUT2D eigenvalue weighted by Crippen LogP contribution is -2.26. The molecule has 1 aromatic rings. The molecule has 1 aromatic heterocycles. The molecular formula is C15H25N3O. The van der Waals surface area contributed by atoms with Crippen molar-refractivity contribution >= 4 is 5.82 Å². The monoisotopic (exact) mass is 263 g/mol. The molecule has 0 radical (unpaired) electrons. The Morgan fingerprint density at radius 3 is 2.68 bits per heavy atom. The zero-order chi connectivity index (χ0) is 13.7. The quantitative estimate of drug-likeness (QED) is 0.851. The summed E-state index contributed by atoms with van der Waals surface area (Å²) in [6.45, 7) is 7.29. The Bertz CT molecular complexity index is 400. The average Bonchev–Trinajstić information content (AvgIpc) is 2.86. The smallest absolute Gasteiger partial charge is 0.218 e. The van der Waals surface area contributed by atoms with Crippen LogP contribution in [0.5, 0.6) is 5.88 Å². The molecule has 0 spiro atoms. The molecule has 0 bridgehead atoms. The van der Waals surface area contributed by atoms with E-state index in [1.165, 1.54) is 32.1 Å². The van der Waals surface area contributed by atoms with E-state index in [2.05, 4.69) is 22.2 Å².